The van der Waals surface area contributed by atoms with Crippen LogP contribution in [-0.4, -0.2) is 9.13 Å². The number of nitrogens with zero attached hydrogens (tertiary/aromatic N) is 2. The first-order valence-electron chi connectivity index (χ1n) is 16.2. The van der Waals surface area contributed by atoms with Crippen molar-refractivity contribution in [3.63, 3.8) is 0 Å². The minimum Gasteiger partial charge on any atom is -0.309 e. The molecule has 10 rings (SSSR count). The van der Waals surface area contributed by atoms with E-state index in [2.05, 4.69) is 167 Å². The van der Waals surface area contributed by atoms with Gasteiger partial charge in [-0.25, -0.2) is 0 Å². The Kier molecular flexibility index (Phi) is 5.44. The molecule has 2 heteroatoms. The highest BCUT2D eigenvalue weighted by Crippen LogP contribution is 2.40. The first-order valence-corrected chi connectivity index (χ1v) is 16.2. The van der Waals surface area contributed by atoms with Crippen LogP contribution in [0.3, 0.4) is 0 Å². The molecule has 0 aliphatic heterocycles. The van der Waals surface area contributed by atoms with Gasteiger partial charge in [0.05, 0.1) is 22.1 Å². The predicted octanol–water partition coefficient (Wildman–Crippen LogP) is 11.3. The van der Waals surface area contributed by atoms with Crippen molar-refractivity contribution in [1.82, 2.24) is 9.13 Å². The van der Waals surface area contributed by atoms with Gasteiger partial charge in [0.15, 0.2) is 0 Å². The molecule has 216 valence electrons. The van der Waals surface area contributed by atoms with Crippen LogP contribution in [0, 0.1) is 0 Å². The lowest BCUT2D eigenvalue weighted by molar-refractivity contribution is 0.940. The summed E-state index contributed by atoms with van der Waals surface area (Å²) in [4.78, 5) is 0. The fourth-order valence-corrected chi connectivity index (χ4v) is 7.88. The molecule has 0 saturated heterocycles. The fourth-order valence-electron chi connectivity index (χ4n) is 7.88. The van der Waals surface area contributed by atoms with E-state index in [-0.39, 0.29) is 0 Å². The van der Waals surface area contributed by atoms with Crippen molar-refractivity contribution in [2.24, 2.45) is 0 Å². The number of fused-ring (bicyclic) bond motifs is 9. The third kappa shape index (κ3) is 3.71. The molecule has 2 nitrogen and oxygen atoms in total. The lowest BCUT2D eigenvalue weighted by Crippen LogP contribution is -2.05. The fraction of sp³-hybridized carbons (Fsp3) is 0.0455. The number of aryl methyl sites for hydroxylation is 2. The maximum absolute atomic E-state index is 2.45. The van der Waals surface area contributed by atoms with E-state index >= 15 is 0 Å². The van der Waals surface area contributed by atoms with Crippen LogP contribution in [0.2, 0.25) is 0 Å². The smallest absolute Gasteiger partial charge is 0.0541 e. The van der Waals surface area contributed by atoms with Crippen LogP contribution in [0.5, 0.6) is 0 Å². The summed E-state index contributed by atoms with van der Waals surface area (Å²) in [5.74, 6) is 0. The van der Waals surface area contributed by atoms with Gasteiger partial charge in [0.1, 0.15) is 0 Å². The van der Waals surface area contributed by atoms with Gasteiger partial charge in [-0.2, -0.15) is 0 Å². The molecule has 0 fully saturated rings. The van der Waals surface area contributed by atoms with E-state index in [0.717, 1.165) is 12.8 Å². The summed E-state index contributed by atoms with van der Waals surface area (Å²) in [6.07, 6.45) is 2.21. The van der Waals surface area contributed by atoms with Crippen LogP contribution in [-0.2, 0) is 12.8 Å². The second-order valence-corrected chi connectivity index (χ2v) is 12.5. The Morgan fingerprint density at radius 1 is 0.326 bits per heavy atom. The van der Waals surface area contributed by atoms with Crippen molar-refractivity contribution < 1.29 is 0 Å². The van der Waals surface area contributed by atoms with Crippen LogP contribution < -0.4 is 0 Å². The summed E-state index contributed by atoms with van der Waals surface area (Å²) in [7, 11) is 0. The molecule has 46 heavy (non-hydrogen) atoms. The van der Waals surface area contributed by atoms with Crippen LogP contribution in [0.25, 0.3) is 77.2 Å². The highest BCUT2D eigenvalue weighted by atomic mass is 15.0. The van der Waals surface area contributed by atoms with E-state index in [0.29, 0.717) is 0 Å². The number of hydrogen-bond donors (Lipinski definition) is 0. The molecular weight excluding hydrogens is 556 g/mol. The molecular formula is C44H30N2. The topological polar surface area (TPSA) is 9.86 Å². The maximum Gasteiger partial charge on any atom is 0.0541 e. The van der Waals surface area contributed by atoms with Crippen LogP contribution in [0.4, 0.5) is 0 Å². The lowest BCUT2D eigenvalue weighted by atomic mass is 9.85. The zero-order valence-electron chi connectivity index (χ0n) is 25.3. The minimum atomic E-state index is 1.09. The third-order valence-corrected chi connectivity index (χ3v) is 10.0. The molecule has 0 spiro atoms. The van der Waals surface area contributed by atoms with Gasteiger partial charge in [-0.05, 0) is 107 Å². The van der Waals surface area contributed by atoms with Gasteiger partial charge in [0.2, 0.25) is 0 Å². The quantitative estimate of drug-likeness (QED) is 0.195. The van der Waals surface area contributed by atoms with Crippen LogP contribution in [0.1, 0.15) is 11.1 Å². The van der Waals surface area contributed by atoms with E-state index in [9.17, 15) is 0 Å². The minimum absolute atomic E-state index is 1.09. The first-order chi connectivity index (χ1) is 22.8. The zero-order chi connectivity index (χ0) is 30.2. The average Bonchev–Trinajstić information content (AvgIpc) is 3.64. The van der Waals surface area contributed by atoms with Crippen molar-refractivity contribution in [2.45, 2.75) is 12.8 Å². The molecule has 7 aromatic carbocycles. The molecule has 0 bridgehead atoms. The molecule has 9 aromatic rings. The van der Waals surface area contributed by atoms with Crippen molar-refractivity contribution >= 4 is 43.6 Å². The lowest BCUT2D eigenvalue weighted by Gasteiger charge is -2.21. The number of aromatic nitrogens is 2. The summed E-state index contributed by atoms with van der Waals surface area (Å²) in [6.45, 7) is 0. The van der Waals surface area contributed by atoms with E-state index in [1.807, 2.05) is 0 Å². The largest absolute Gasteiger partial charge is 0.309 e. The highest BCUT2D eigenvalue weighted by molar-refractivity contribution is 6.12. The normalized spacial score (nSPS) is 12.6. The number of hydrogen-bond acceptors (Lipinski definition) is 0. The molecule has 0 N–H and O–H groups in total. The van der Waals surface area contributed by atoms with Crippen LogP contribution in [0.15, 0.2) is 158 Å². The van der Waals surface area contributed by atoms with Crippen molar-refractivity contribution in [1.29, 1.82) is 0 Å². The maximum atomic E-state index is 2.45. The SMILES string of the molecule is c1ccc(-n2c3ccccc3c3cc(-c4ccc5c(c4)c4ccccc4n5-c4ccc5c(c4)-c4ccccc4CC5)ccc32)cc1. The Bertz CT molecular complexity index is 2630. The van der Waals surface area contributed by atoms with Crippen molar-refractivity contribution in [3.8, 4) is 33.6 Å². The van der Waals surface area contributed by atoms with Gasteiger partial charge in [0.25, 0.3) is 0 Å². The summed E-state index contributed by atoms with van der Waals surface area (Å²) in [5.41, 5.74) is 15.4. The number of rotatable bonds is 3. The average molecular weight is 587 g/mol. The van der Waals surface area contributed by atoms with Gasteiger partial charge in [-0.15, -0.1) is 0 Å². The highest BCUT2D eigenvalue weighted by Gasteiger charge is 2.19. The summed E-state index contributed by atoms with van der Waals surface area (Å²) >= 11 is 0. The molecule has 2 aromatic heterocycles. The molecule has 1 aliphatic rings. The molecule has 0 saturated carbocycles. The first kappa shape index (κ1) is 25.5. The van der Waals surface area contributed by atoms with Gasteiger partial charge >= 0.3 is 0 Å². The van der Waals surface area contributed by atoms with E-state index in [1.54, 1.807) is 0 Å². The molecule has 0 amide bonds. The standard InChI is InChI=1S/C44H30N2/c1-2-11-33(12-3-1)45-41-16-8-6-14-36(41)39-26-31(21-24-43(39)45)32-22-25-44-40(27-32)37-15-7-9-17-42(37)46(44)34-23-20-30-19-18-29-10-4-5-13-35(29)38(30)28-34/h1-17,20-28H,18-19H2. The van der Waals surface area contributed by atoms with Gasteiger partial charge in [-0.1, -0.05) is 97.1 Å². The van der Waals surface area contributed by atoms with E-state index in [1.165, 1.54) is 88.4 Å². The molecule has 0 radical (unpaired) electrons. The van der Waals surface area contributed by atoms with Gasteiger partial charge in [0, 0.05) is 32.9 Å². The molecule has 1 aliphatic carbocycles. The van der Waals surface area contributed by atoms with Gasteiger partial charge in [-0.3, -0.25) is 0 Å². The molecule has 0 atom stereocenters. The van der Waals surface area contributed by atoms with E-state index in [4.69, 9.17) is 0 Å². The van der Waals surface area contributed by atoms with E-state index < -0.39 is 0 Å². The Hall–Kier alpha value is -5.86. The third-order valence-electron chi connectivity index (χ3n) is 10.0. The monoisotopic (exact) mass is 586 g/mol. The molecule has 0 unspecified atom stereocenters. The van der Waals surface area contributed by atoms with Crippen molar-refractivity contribution in [2.75, 3.05) is 0 Å². The Labute approximate surface area is 267 Å². The Morgan fingerprint density at radius 3 is 1.52 bits per heavy atom. The second kappa shape index (κ2) is 9.82. The predicted molar refractivity (Wildman–Crippen MR) is 193 cm³/mol. The number of para-hydroxylation sites is 3. The molecule has 2 heterocycles. The second-order valence-electron chi connectivity index (χ2n) is 12.5. The Balaban J connectivity index is 1.16. The Morgan fingerprint density at radius 2 is 0.848 bits per heavy atom. The summed E-state index contributed by atoms with van der Waals surface area (Å²) in [6, 6.07) is 58.1. The zero-order valence-corrected chi connectivity index (χ0v) is 25.3. The van der Waals surface area contributed by atoms with Crippen LogP contribution >= 0.6 is 0 Å². The summed E-state index contributed by atoms with van der Waals surface area (Å²) < 4.78 is 4.82. The van der Waals surface area contributed by atoms with Crippen molar-refractivity contribution in [3.05, 3.63) is 169 Å². The summed E-state index contributed by atoms with van der Waals surface area (Å²) in [5, 5.41) is 5.10. The number of benzene rings is 7. The van der Waals surface area contributed by atoms with Gasteiger partial charge < -0.3 is 9.13 Å².